The Hall–Kier alpha value is -0.870. The first kappa shape index (κ1) is 13.6. The van der Waals surface area contributed by atoms with E-state index in [4.69, 9.17) is 11.6 Å². The van der Waals surface area contributed by atoms with Crippen LogP contribution in [0.2, 0.25) is 0 Å². The van der Waals surface area contributed by atoms with Gasteiger partial charge < -0.3 is 0 Å². The molecule has 0 bridgehead atoms. The van der Waals surface area contributed by atoms with Crippen molar-refractivity contribution in [2.24, 2.45) is 11.8 Å². The molecule has 1 saturated heterocycles. The van der Waals surface area contributed by atoms with Crippen molar-refractivity contribution < 1.29 is 4.92 Å². The predicted octanol–water partition coefficient (Wildman–Crippen LogP) is 3.02. The number of hydrogen-bond acceptors (Lipinski definition) is 3. The van der Waals surface area contributed by atoms with E-state index in [0.29, 0.717) is 16.9 Å². The summed E-state index contributed by atoms with van der Waals surface area (Å²) in [6.07, 6.45) is 6.54. The largest absolute Gasteiger partial charge is 0.301 e. The molecule has 3 atom stereocenters. The zero-order valence-corrected chi connectivity index (χ0v) is 11.6. The number of rotatable bonds is 2. The molecule has 5 heteroatoms. The van der Waals surface area contributed by atoms with Crippen LogP contribution in [0.1, 0.15) is 26.7 Å². The summed E-state index contributed by atoms with van der Waals surface area (Å²) < 4.78 is 0. The lowest BCUT2D eigenvalue weighted by Crippen LogP contribution is -2.58. The molecule has 0 N–H and O–H groups in total. The zero-order chi connectivity index (χ0) is 13.3. The molecule has 18 heavy (non-hydrogen) atoms. The van der Waals surface area contributed by atoms with Crippen LogP contribution < -0.4 is 0 Å². The van der Waals surface area contributed by atoms with Crippen LogP contribution in [0, 0.1) is 22.0 Å². The van der Waals surface area contributed by atoms with Crippen molar-refractivity contribution in [1.82, 2.24) is 4.90 Å². The fraction of sp³-hybridized carbons (Fsp3) is 0.692. The first-order valence-corrected chi connectivity index (χ1v) is 6.75. The van der Waals surface area contributed by atoms with Crippen LogP contribution in [-0.4, -0.2) is 28.6 Å². The summed E-state index contributed by atoms with van der Waals surface area (Å²) in [4.78, 5) is 13.4. The van der Waals surface area contributed by atoms with Crippen LogP contribution in [0.4, 0.5) is 0 Å². The molecular formula is C13H19ClN2O2. The summed E-state index contributed by atoms with van der Waals surface area (Å²) in [7, 11) is 0. The van der Waals surface area contributed by atoms with Crippen molar-refractivity contribution in [3.05, 3.63) is 33.4 Å². The van der Waals surface area contributed by atoms with Gasteiger partial charge in [0, 0.05) is 29.1 Å². The van der Waals surface area contributed by atoms with Crippen molar-refractivity contribution in [2.75, 3.05) is 13.1 Å². The second-order valence-electron chi connectivity index (χ2n) is 5.64. The summed E-state index contributed by atoms with van der Waals surface area (Å²) >= 11 is 6.02. The molecule has 4 nitrogen and oxygen atoms in total. The van der Waals surface area contributed by atoms with Crippen molar-refractivity contribution in [2.45, 2.75) is 32.4 Å². The van der Waals surface area contributed by atoms with E-state index in [-0.39, 0.29) is 11.3 Å². The average Bonchev–Trinajstić information content (AvgIpc) is 2.27. The van der Waals surface area contributed by atoms with Gasteiger partial charge in [0.05, 0.1) is 6.42 Å². The number of piperidine rings is 1. The molecule has 0 saturated carbocycles. The molecule has 0 spiro atoms. The van der Waals surface area contributed by atoms with Gasteiger partial charge in [-0.2, -0.15) is 0 Å². The van der Waals surface area contributed by atoms with Gasteiger partial charge in [0.25, 0.3) is 0 Å². The minimum Gasteiger partial charge on any atom is -0.262 e. The molecule has 2 rings (SSSR count). The molecule has 2 aliphatic rings. The van der Waals surface area contributed by atoms with Gasteiger partial charge in [0.2, 0.25) is 0 Å². The third-order valence-electron chi connectivity index (χ3n) is 3.80. The number of nitrogens with zero attached hydrogens (tertiary/aromatic N) is 2. The van der Waals surface area contributed by atoms with Crippen LogP contribution in [0.3, 0.4) is 0 Å². The summed E-state index contributed by atoms with van der Waals surface area (Å²) in [5, 5.41) is 12.1. The van der Waals surface area contributed by atoms with Crippen molar-refractivity contribution in [3.8, 4) is 0 Å². The predicted molar refractivity (Wildman–Crippen MR) is 71.9 cm³/mol. The van der Waals surface area contributed by atoms with Crippen molar-refractivity contribution >= 4 is 11.6 Å². The number of hydrogen-bond donors (Lipinski definition) is 0. The van der Waals surface area contributed by atoms with E-state index in [1.165, 1.54) is 0 Å². The minimum atomic E-state index is -1.14. The van der Waals surface area contributed by atoms with Crippen molar-refractivity contribution in [1.29, 1.82) is 0 Å². The Balaban J connectivity index is 2.28. The van der Waals surface area contributed by atoms with Gasteiger partial charge in [-0.3, -0.25) is 10.1 Å². The van der Waals surface area contributed by atoms with E-state index >= 15 is 0 Å². The first-order valence-electron chi connectivity index (χ1n) is 6.37. The van der Waals surface area contributed by atoms with E-state index in [2.05, 4.69) is 13.8 Å². The van der Waals surface area contributed by atoms with E-state index in [1.807, 2.05) is 4.90 Å². The maximum absolute atomic E-state index is 11.6. The molecular weight excluding hydrogens is 252 g/mol. The Morgan fingerprint density at radius 2 is 2.06 bits per heavy atom. The van der Waals surface area contributed by atoms with Gasteiger partial charge in [-0.05, 0) is 24.3 Å². The van der Waals surface area contributed by atoms with Crippen LogP contribution in [0.25, 0.3) is 0 Å². The van der Waals surface area contributed by atoms with Gasteiger partial charge in [0.1, 0.15) is 0 Å². The quantitative estimate of drug-likeness (QED) is 0.572. The second-order valence-corrected chi connectivity index (χ2v) is 6.12. The van der Waals surface area contributed by atoms with E-state index < -0.39 is 5.66 Å². The molecule has 1 heterocycles. The summed E-state index contributed by atoms with van der Waals surface area (Å²) in [6.45, 7) is 5.83. The zero-order valence-electron chi connectivity index (χ0n) is 10.8. The van der Waals surface area contributed by atoms with Crippen LogP contribution in [0.5, 0.6) is 0 Å². The third-order valence-corrected chi connectivity index (χ3v) is 4.06. The number of allylic oxidation sites excluding steroid dienone is 2. The topological polar surface area (TPSA) is 46.4 Å². The number of halogens is 1. The lowest BCUT2D eigenvalue weighted by molar-refractivity contribution is -0.587. The fourth-order valence-corrected chi connectivity index (χ4v) is 3.38. The minimum absolute atomic E-state index is 0.191. The van der Waals surface area contributed by atoms with Crippen molar-refractivity contribution in [3.63, 3.8) is 0 Å². The molecule has 1 aliphatic heterocycles. The summed E-state index contributed by atoms with van der Waals surface area (Å²) in [5.41, 5.74) is -1.14. The van der Waals surface area contributed by atoms with E-state index in [9.17, 15) is 10.1 Å². The van der Waals surface area contributed by atoms with Gasteiger partial charge in [-0.15, -0.1) is 0 Å². The van der Waals surface area contributed by atoms with E-state index in [1.54, 1.807) is 18.2 Å². The number of likely N-dealkylation sites (tertiary alicyclic amines) is 1. The highest BCUT2D eigenvalue weighted by Gasteiger charge is 2.49. The lowest BCUT2D eigenvalue weighted by Gasteiger charge is -2.42. The Bertz CT molecular complexity index is 398. The highest BCUT2D eigenvalue weighted by molar-refractivity contribution is 6.29. The Labute approximate surface area is 112 Å². The molecule has 100 valence electrons. The molecule has 0 radical (unpaired) electrons. The Morgan fingerprint density at radius 1 is 1.44 bits per heavy atom. The standard InChI is InChI=1S/C13H19ClN2O2/c1-10-6-11(2)9-15(8-10)13(16(17)18)5-3-4-12(14)7-13/h3-5,10-11H,6-9H2,1-2H3. The molecule has 1 aliphatic carbocycles. The smallest absolute Gasteiger partial charge is 0.262 e. The summed E-state index contributed by atoms with van der Waals surface area (Å²) in [5.74, 6) is 0.979. The SMILES string of the molecule is CC1CC(C)CN(C2([N+](=O)[O-])C=CC=C(Cl)C2)C1. The first-order chi connectivity index (χ1) is 8.44. The average molecular weight is 271 g/mol. The maximum Gasteiger partial charge on any atom is 0.301 e. The van der Waals surface area contributed by atoms with Crippen LogP contribution in [0.15, 0.2) is 23.3 Å². The van der Waals surface area contributed by atoms with Gasteiger partial charge >= 0.3 is 5.66 Å². The van der Waals surface area contributed by atoms with E-state index in [0.717, 1.165) is 19.5 Å². The molecule has 0 amide bonds. The second kappa shape index (κ2) is 5.02. The Kier molecular flexibility index (Phi) is 3.78. The number of nitro groups is 1. The highest BCUT2D eigenvalue weighted by Crippen LogP contribution is 2.35. The lowest BCUT2D eigenvalue weighted by atomic mass is 9.87. The summed E-state index contributed by atoms with van der Waals surface area (Å²) in [6, 6.07) is 0. The van der Waals surface area contributed by atoms with Crippen LogP contribution in [-0.2, 0) is 0 Å². The molecule has 0 aromatic heterocycles. The normalized spacial score (nSPS) is 37.4. The van der Waals surface area contributed by atoms with Gasteiger partial charge in [-0.1, -0.05) is 31.5 Å². The molecule has 3 unspecified atom stereocenters. The Morgan fingerprint density at radius 3 is 2.56 bits per heavy atom. The van der Waals surface area contributed by atoms with Gasteiger partial charge in [0.15, 0.2) is 0 Å². The highest BCUT2D eigenvalue weighted by atomic mass is 35.5. The third kappa shape index (κ3) is 2.45. The monoisotopic (exact) mass is 270 g/mol. The molecule has 0 aromatic rings. The molecule has 0 aromatic carbocycles. The van der Waals surface area contributed by atoms with Crippen LogP contribution >= 0.6 is 11.6 Å². The molecule has 1 fully saturated rings. The van der Waals surface area contributed by atoms with Gasteiger partial charge in [-0.25, -0.2) is 4.90 Å². The maximum atomic E-state index is 11.6. The fourth-order valence-electron chi connectivity index (χ4n) is 3.11.